The molecule has 1 fully saturated rings. The second kappa shape index (κ2) is 12.3. The Balaban J connectivity index is 1.60. The maximum absolute atomic E-state index is 14.1. The first-order valence-electron chi connectivity index (χ1n) is 12.7. The van der Waals surface area contributed by atoms with E-state index in [1.807, 2.05) is 18.2 Å². The second-order valence-corrected chi connectivity index (χ2v) is 12.9. The number of benzene rings is 2. The van der Waals surface area contributed by atoms with Gasteiger partial charge in [0, 0.05) is 11.6 Å². The number of esters is 1. The maximum atomic E-state index is 14.1. The van der Waals surface area contributed by atoms with Gasteiger partial charge in [-0.15, -0.1) is 11.6 Å². The molecule has 0 saturated carbocycles. The van der Waals surface area contributed by atoms with Gasteiger partial charge in [-0.1, -0.05) is 48.0 Å². The molecule has 1 aromatic heterocycles. The molecule has 1 saturated heterocycles. The fourth-order valence-corrected chi connectivity index (χ4v) is 6.23. The Morgan fingerprint density at radius 2 is 1.95 bits per heavy atom. The zero-order valence-corrected chi connectivity index (χ0v) is 25.1. The highest BCUT2D eigenvalue weighted by Crippen LogP contribution is 2.49. The molecule has 4 rings (SSSR count). The Labute approximate surface area is 246 Å². The number of ether oxygens (including phenoxy) is 2. The van der Waals surface area contributed by atoms with E-state index in [1.165, 1.54) is 20.0 Å². The van der Waals surface area contributed by atoms with Crippen LogP contribution < -0.4 is 21.0 Å². The number of fused-ring (bicyclic) bond motifs is 1. The van der Waals surface area contributed by atoms with E-state index in [0.29, 0.717) is 5.39 Å². The van der Waals surface area contributed by atoms with Gasteiger partial charge in [-0.3, -0.25) is 13.9 Å². The third kappa shape index (κ3) is 6.86. The highest BCUT2D eigenvalue weighted by atomic mass is 35.5. The zero-order chi connectivity index (χ0) is 30.1. The van der Waals surface area contributed by atoms with Crippen molar-refractivity contribution in [1.29, 1.82) is 0 Å². The quantitative estimate of drug-likeness (QED) is 0.169. The number of nitrogen functional groups attached to an aromatic ring is 1. The molecule has 0 amide bonds. The van der Waals surface area contributed by atoms with Gasteiger partial charge in [-0.25, -0.2) is 9.36 Å². The fraction of sp³-hybridized carbons (Fsp3) is 0.423. The lowest BCUT2D eigenvalue weighted by Gasteiger charge is -2.27. The first kappa shape index (κ1) is 31.2. The van der Waals surface area contributed by atoms with Crippen LogP contribution >= 0.6 is 30.9 Å². The van der Waals surface area contributed by atoms with E-state index in [0.717, 1.165) is 9.95 Å². The Hall–Kier alpha value is -2.70. The standard InChI is InChI=1S/C26H31Cl2N4O8P/c1-14(2)38-23(34)15(3)31-41(36,40-19-11-7-9-16-8-5-6-10-17(16)19)37-13-20-21(33)26(4,28)24(39-20)32-12-18(27)22(29)30-25(32)35/h5-12,14-15,20-21,24,33H,13H2,1-4H3,(H,31,36)(H2,29,30,35)/t15-,20-,21-,24?,26-,41-/m1/s1. The van der Waals surface area contributed by atoms with Gasteiger partial charge in [0.15, 0.2) is 6.23 Å². The van der Waals surface area contributed by atoms with Crippen LogP contribution in [-0.2, 0) is 23.4 Å². The van der Waals surface area contributed by atoms with Crippen LogP contribution in [0.2, 0.25) is 5.02 Å². The first-order valence-corrected chi connectivity index (χ1v) is 15.0. The number of aliphatic hydroxyl groups excluding tert-OH is 1. The number of nitrogens with one attached hydrogen (secondary N) is 1. The number of aliphatic hydroxyl groups is 1. The number of carbonyl (C=O) groups excluding carboxylic acids is 1. The number of anilines is 1. The number of aromatic nitrogens is 2. The van der Waals surface area contributed by atoms with E-state index in [9.17, 15) is 19.3 Å². The molecule has 4 N–H and O–H groups in total. The Kier molecular flexibility index (Phi) is 9.35. The number of nitrogens with two attached hydrogens (primary N) is 1. The van der Waals surface area contributed by atoms with Gasteiger partial charge in [0.25, 0.3) is 0 Å². The van der Waals surface area contributed by atoms with Crippen LogP contribution in [0.15, 0.2) is 53.5 Å². The van der Waals surface area contributed by atoms with Crippen molar-refractivity contribution < 1.29 is 33.0 Å². The summed E-state index contributed by atoms with van der Waals surface area (Å²) >= 11 is 12.7. The van der Waals surface area contributed by atoms with Crippen molar-refractivity contribution >= 4 is 53.5 Å². The van der Waals surface area contributed by atoms with Crippen LogP contribution in [0.3, 0.4) is 0 Å². The molecule has 2 heterocycles. The number of halogens is 2. The predicted octanol–water partition coefficient (Wildman–Crippen LogP) is 4.02. The second-order valence-electron chi connectivity index (χ2n) is 9.99. The molecule has 41 heavy (non-hydrogen) atoms. The molecule has 0 radical (unpaired) electrons. The molecule has 1 unspecified atom stereocenters. The monoisotopic (exact) mass is 628 g/mol. The number of hydrogen-bond donors (Lipinski definition) is 3. The van der Waals surface area contributed by atoms with E-state index >= 15 is 0 Å². The van der Waals surface area contributed by atoms with E-state index in [-0.39, 0.29) is 16.6 Å². The number of nitrogens with zero attached hydrogens (tertiary/aromatic N) is 2. The van der Waals surface area contributed by atoms with Crippen LogP contribution in [-0.4, -0.2) is 56.5 Å². The average Bonchev–Trinajstić information content (AvgIpc) is 3.13. The Bertz CT molecular complexity index is 1530. The maximum Gasteiger partial charge on any atom is 0.459 e. The molecule has 6 atom stereocenters. The van der Waals surface area contributed by atoms with Crippen molar-refractivity contribution in [2.24, 2.45) is 0 Å². The van der Waals surface area contributed by atoms with E-state index in [1.54, 1.807) is 38.1 Å². The minimum absolute atomic E-state index is 0.0192. The van der Waals surface area contributed by atoms with Gasteiger partial charge in [0.05, 0.1) is 17.7 Å². The lowest BCUT2D eigenvalue weighted by atomic mass is 10.0. The smallest absolute Gasteiger partial charge is 0.459 e. The molecule has 0 bridgehead atoms. The molecule has 2 aromatic carbocycles. The molecule has 3 aromatic rings. The molecule has 1 aliphatic rings. The van der Waals surface area contributed by atoms with Crippen molar-refractivity contribution in [3.05, 3.63) is 64.2 Å². The third-order valence-corrected chi connectivity index (χ3v) is 8.67. The van der Waals surface area contributed by atoms with Gasteiger partial charge in [0.2, 0.25) is 0 Å². The minimum Gasteiger partial charge on any atom is -0.462 e. The molecule has 1 aliphatic heterocycles. The Morgan fingerprint density at radius 1 is 1.27 bits per heavy atom. The van der Waals surface area contributed by atoms with E-state index < -0.39 is 61.5 Å². The zero-order valence-electron chi connectivity index (χ0n) is 22.7. The third-order valence-electron chi connectivity index (χ3n) is 6.34. The molecule has 0 spiro atoms. The molecule has 15 heteroatoms. The first-order chi connectivity index (χ1) is 19.2. The summed E-state index contributed by atoms with van der Waals surface area (Å²) in [5.74, 6) is -0.626. The molecular weight excluding hydrogens is 598 g/mol. The SMILES string of the molecule is CC(C)OC(=O)[C@@H](C)N[P@@](=O)(OC[C@H]1OC(n2cc(Cl)c(N)nc2=O)[C@](C)(Cl)[C@@H]1O)Oc1cccc2ccccc12. The van der Waals surface area contributed by atoms with Crippen LogP contribution in [0.4, 0.5) is 5.82 Å². The highest BCUT2D eigenvalue weighted by molar-refractivity contribution is 7.52. The summed E-state index contributed by atoms with van der Waals surface area (Å²) in [5, 5.41) is 15.1. The van der Waals surface area contributed by atoms with Crippen molar-refractivity contribution in [2.75, 3.05) is 12.3 Å². The minimum atomic E-state index is -4.34. The van der Waals surface area contributed by atoms with Crippen LogP contribution in [0.1, 0.15) is 33.9 Å². The summed E-state index contributed by atoms with van der Waals surface area (Å²) in [6.45, 7) is 5.76. The summed E-state index contributed by atoms with van der Waals surface area (Å²) < 4.78 is 37.9. The van der Waals surface area contributed by atoms with Crippen molar-refractivity contribution in [1.82, 2.24) is 14.6 Å². The largest absolute Gasteiger partial charge is 0.462 e. The van der Waals surface area contributed by atoms with Gasteiger partial charge in [-0.2, -0.15) is 10.1 Å². The van der Waals surface area contributed by atoms with Crippen LogP contribution in [0.5, 0.6) is 5.75 Å². The molecular formula is C26H31Cl2N4O8P. The lowest BCUT2D eigenvalue weighted by Crippen LogP contribution is -2.42. The predicted molar refractivity (Wildman–Crippen MR) is 154 cm³/mol. The van der Waals surface area contributed by atoms with Crippen LogP contribution in [0, 0.1) is 0 Å². The van der Waals surface area contributed by atoms with E-state index in [2.05, 4.69) is 10.1 Å². The molecule has 12 nitrogen and oxygen atoms in total. The van der Waals surface area contributed by atoms with Gasteiger partial charge in [-0.05, 0) is 39.1 Å². The van der Waals surface area contributed by atoms with Gasteiger partial charge in [0.1, 0.15) is 34.7 Å². The number of carbonyl (C=O) groups is 1. The summed E-state index contributed by atoms with van der Waals surface area (Å²) in [5.41, 5.74) is 4.80. The summed E-state index contributed by atoms with van der Waals surface area (Å²) in [7, 11) is -4.34. The highest BCUT2D eigenvalue weighted by Gasteiger charge is 2.54. The molecule has 0 aliphatic carbocycles. The molecule has 222 valence electrons. The topological polar surface area (TPSA) is 164 Å². The van der Waals surface area contributed by atoms with Gasteiger partial charge < -0.3 is 24.8 Å². The fourth-order valence-electron chi connectivity index (χ4n) is 4.27. The van der Waals surface area contributed by atoms with Crippen molar-refractivity contribution in [3.63, 3.8) is 0 Å². The number of rotatable bonds is 10. The lowest BCUT2D eigenvalue weighted by molar-refractivity contribution is -0.149. The van der Waals surface area contributed by atoms with Crippen molar-refractivity contribution in [2.45, 2.75) is 63.2 Å². The van der Waals surface area contributed by atoms with Crippen molar-refractivity contribution in [3.8, 4) is 5.75 Å². The summed E-state index contributed by atoms with van der Waals surface area (Å²) in [6, 6.07) is 11.4. The average molecular weight is 629 g/mol. The number of alkyl halides is 1. The Morgan fingerprint density at radius 3 is 2.66 bits per heavy atom. The van der Waals surface area contributed by atoms with Gasteiger partial charge >= 0.3 is 19.4 Å². The summed E-state index contributed by atoms with van der Waals surface area (Å²) in [6.07, 6.45) is -3.05. The normalized spacial score (nSPS) is 24.7. The summed E-state index contributed by atoms with van der Waals surface area (Å²) in [4.78, 5) is 27.1. The number of hydrogen-bond acceptors (Lipinski definition) is 10. The van der Waals surface area contributed by atoms with E-state index in [4.69, 9.17) is 47.5 Å². The van der Waals surface area contributed by atoms with Crippen LogP contribution in [0.25, 0.3) is 10.8 Å².